The largest absolute Gasteiger partial charge is 0.342 e. The summed E-state index contributed by atoms with van der Waals surface area (Å²) < 4.78 is 2.10. The minimum Gasteiger partial charge on any atom is -0.342 e. The van der Waals surface area contributed by atoms with E-state index >= 15 is 0 Å². The number of halogens is 2. The molecule has 29 heavy (non-hydrogen) atoms. The summed E-state index contributed by atoms with van der Waals surface area (Å²) in [6.07, 6.45) is 3.80. The lowest BCUT2D eigenvalue weighted by Crippen LogP contribution is -2.23. The number of fused-ring (bicyclic) bond motifs is 1. The third-order valence-corrected chi connectivity index (χ3v) is 5.98. The molecule has 0 radical (unpaired) electrons. The van der Waals surface area contributed by atoms with Crippen LogP contribution in [0.1, 0.15) is 18.1 Å². The average Bonchev–Trinajstić information content (AvgIpc) is 3.18. The first-order valence-corrected chi connectivity index (χ1v) is 10.3. The van der Waals surface area contributed by atoms with Gasteiger partial charge in [0.1, 0.15) is 0 Å². The Kier molecular flexibility index (Phi) is 5.50. The van der Waals surface area contributed by atoms with E-state index in [9.17, 15) is 9.59 Å². The monoisotopic (exact) mass is 443 g/mol. The topological polar surface area (TPSA) is 63.5 Å². The highest BCUT2D eigenvalue weighted by atomic mass is 35.5. The number of amidine groups is 1. The Morgan fingerprint density at radius 3 is 2.76 bits per heavy atom. The van der Waals surface area contributed by atoms with E-state index < -0.39 is 0 Å². The molecular weight excluding hydrogens is 429 g/mol. The second-order valence-electron chi connectivity index (χ2n) is 6.49. The molecule has 4 rings (SSSR count). The fraction of sp³-hybridized carbons (Fsp3) is 0.0952. The number of hydrogen-bond donors (Lipinski definition) is 1. The van der Waals surface area contributed by atoms with E-state index in [2.05, 4.69) is 14.9 Å². The van der Waals surface area contributed by atoms with Gasteiger partial charge in [0.2, 0.25) is 5.91 Å². The first kappa shape index (κ1) is 19.8. The highest BCUT2D eigenvalue weighted by Gasteiger charge is 2.23. The third kappa shape index (κ3) is 4.24. The van der Waals surface area contributed by atoms with Crippen LogP contribution in [0.25, 0.3) is 17.0 Å². The molecule has 0 bridgehead atoms. The van der Waals surface area contributed by atoms with Crippen molar-refractivity contribution in [3.63, 3.8) is 0 Å². The molecule has 0 fully saturated rings. The quantitative estimate of drug-likeness (QED) is 0.572. The van der Waals surface area contributed by atoms with Crippen LogP contribution in [-0.4, -0.2) is 21.5 Å². The summed E-state index contributed by atoms with van der Waals surface area (Å²) in [5, 5.41) is 4.90. The molecule has 2 aromatic carbocycles. The predicted octanol–water partition coefficient (Wildman–Crippen LogP) is 5.10. The van der Waals surface area contributed by atoms with Crippen LogP contribution in [0, 0.1) is 0 Å². The molecule has 2 heterocycles. The number of nitrogens with zero attached hydrogens (tertiary/aromatic N) is 2. The van der Waals surface area contributed by atoms with Gasteiger partial charge < -0.3 is 9.88 Å². The molecule has 1 aromatic heterocycles. The van der Waals surface area contributed by atoms with Crippen molar-refractivity contribution in [1.82, 2.24) is 9.88 Å². The minimum absolute atomic E-state index is 0.261. The number of nitrogens with one attached hydrogen (secondary N) is 1. The van der Waals surface area contributed by atoms with Crippen LogP contribution in [0.5, 0.6) is 0 Å². The van der Waals surface area contributed by atoms with Crippen molar-refractivity contribution in [1.29, 1.82) is 0 Å². The summed E-state index contributed by atoms with van der Waals surface area (Å²) in [4.78, 5) is 27.8. The predicted molar refractivity (Wildman–Crippen MR) is 119 cm³/mol. The smallest absolute Gasteiger partial charge is 0.286 e. The van der Waals surface area contributed by atoms with Gasteiger partial charge in [-0.3, -0.25) is 9.59 Å². The fourth-order valence-electron chi connectivity index (χ4n) is 3.11. The Hall–Kier alpha value is -2.54. The Morgan fingerprint density at radius 2 is 2.00 bits per heavy atom. The number of para-hydroxylation sites is 1. The van der Waals surface area contributed by atoms with Crippen LogP contribution < -0.4 is 5.32 Å². The molecule has 1 aliphatic heterocycles. The molecule has 0 saturated carbocycles. The molecule has 8 heteroatoms. The number of carbonyl (C=O) groups excluding carboxylic acids is 2. The molecule has 1 N–H and O–H groups in total. The summed E-state index contributed by atoms with van der Waals surface area (Å²) in [6.45, 7) is 1.99. The van der Waals surface area contributed by atoms with Gasteiger partial charge in [-0.15, -0.1) is 0 Å². The van der Waals surface area contributed by atoms with Gasteiger partial charge in [-0.25, -0.2) is 0 Å². The number of thioether (sulfide) groups is 1. The molecule has 1 aliphatic rings. The van der Waals surface area contributed by atoms with Gasteiger partial charge in [-0.1, -0.05) is 47.5 Å². The number of amides is 2. The summed E-state index contributed by atoms with van der Waals surface area (Å²) in [7, 11) is 0. The number of rotatable bonds is 3. The van der Waals surface area contributed by atoms with Crippen molar-refractivity contribution < 1.29 is 9.59 Å². The number of carbonyl (C=O) groups is 2. The number of benzene rings is 2. The Bertz CT molecular complexity index is 1210. The molecule has 0 spiro atoms. The van der Waals surface area contributed by atoms with E-state index in [-0.39, 0.29) is 11.8 Å². The normalized spacial score (nSPS) is 15.2. The zero-order chi connectivity index (χ0) is 20.5. The maximum Gasteiger partial charge on any atom is 0.286 e. The van der Waals surface area contributed by atoms with Gasteiger partial charge in [0, 0.05) is 36.1 Å². The number of aromatic nitrogens is 1. The Labute approximate surface area is 181 Å². The maximum atomic E-state index is 12.2. The lowest BCUT2D eigenvalue weighted by atomic mass is 10.1. The molecule has 0 unspecified atom stereocenters. The molecule has 0 atom stereocenters. The maximum absolute atomic E-state index is 12.2. The van der Waals surface area contributed by atoms with Crippen LogP contribution in [0.3, 0.4) is 0 Å². The van der Waals surface area contributed by atoms with Crippen molar-refractivity contribution in [2.75, 3.05) is 0 Å². The van der Waals surface area contributed by atoms with Gasteiger partial charge in [0.05, 0.1) is 15.0 Å². The second kappa shape index (κ2) is 8.06. The van der Waals surface area contributed by atoms with E-state index in [0.29, 0.717) is 26.7 Å². The SMILES string of the molecule is CC(=O)NC1=NC(=O)C(=Cc2cn(Cc3ccc(Cl)c(Cl)c3)c3ccccc23)S1. The van der Waals surface area contributed by atoms with Gasteiger partial charge in [0.15, 0.2) is 5.17 Å². The first-order chi connectivity index (χ1) is 13.9. The van der Waals surface area contributed by atoms with Crippen molar-refractivity contribution >= 4 is 68.9 Å². The van der Waals surface area contributed by atoms with Crippen LogP contribution in [0.4, 0.5) is 0 Å². The third-order valence-electron chi connectivity index (χ3n) is 4.35. The minimum atomic E-state index is -0.361. The molecule has 0 aliphatic carbocycles. The van der Waals surface area contributed by atoms with E-state index in [4.69, 9.17) is 23.2 Å². The Morgan fingerprint density at radius 1 is 1.21 bits per heavy atom. The summed E-state index contributed by atoms with van der Waals surface area (Å²) >= 11 is 13.3. The van der Waals surface area contributed by atoms with Crippen molar-refractivity contribution in [3.05, 3.63) is 74.7 Å². The second-order valence-corrected chi connectivity index (χ2v) is 8.34. The highest BCUT2D eigenvalue weighted by Crippen LogP contribution is 2.31. The number of aliphatic imine (C=N–C) groups is 1. The van der Waals surface area contributed by atoms with E-state index in [1.54, 1.807) is 12.1 Å². The summed E-state index contributed by atoms with van der Waals surface area (Å²) in [5.74, 6) is -0.622. The number of hydrogen-bond acceptors (Lipinski definition) is 3. The van der Waals surface area contributed by atoms with Gasteiger partial charge in [0.25, 0.3) is 5.91 Å². The van der Waals surface area contributed by atoms with Crippen molar-refractivity contribution in [2.45, 2.75) is 13.5 Å². The average molecular weight is 444 g/mol. The van der Waals surface area contributed by atoms with Gasteiger partial charge in [-0.2, -0.15) is 4.99 Å². The first-order valence-electron chi connectivity index (χ1n) is 8.72. The molecule has 3 aromatic rings. The van der Waals surface area contributed by atoms with Crippen LogP contribution in [-0.2, 0) is 16.1 Å². The standard InChI is InChI=1S/C21H15Cl2N3O2S/c1-12(27)24-21-25-20(28)19(29-21)9-14-11-26(18-5-3-2-4-15(14)18)10-13-6-7-16(22)17(23)8-13/h2-9,11H,10H2,1H3,(H,24,25,27,28). The highest BCUT2D eigenvalue weighted by molar-refractivity contribution is 8.18. The van der Waals surface area contributed by atoms with E-state index in [0.717, 1.165) is 33.8 Å². The summed E-state index contributed by atoms with van der Waals surface area (Å²) in [6, 6.07) is 13.5. The molecular formula is C21H15Cl2N3O2S. The molecule has 5 nitrogen and oxygen atoms in total. The lowest BCUT2D eigenvalue weighted by molar-refractivity contribution is -0.117. The zero-order valence-corrected chi connectivity index (χ0v) is 17.6. The van der Waals surface area contributed by atoms with Crippen LogP contribution in [0.15, 0.2) is 58.6 Å². The lowest BCUT2D eigenvalue weighted by Gasteiger charge is -2.06. The molecule has 0 saturated heterocycles. The zero-order valence-electron chi connectivity index (χ0n) is 15.3. The van der Waals surface area contributed by atoms with Gasteiger partial charge >= 0.3 is 0 Å². The summed E-state index contributed by atoms with van der Waals surface area (Å²) in [5.41, 5.74) is 2.95. The molecule has 2 amide bonds. The Balaban J connectivity index is 1.69. The van der Waals surface area contributed by atoms with Gasteiger partial charge in [-0.05, 0) is 41.6 Å². The molecule has 146 valence electrons. The van der Waals surface area contributed by atoms with E-state index in [1.165, 1.54) is 6.92 Å². The van der Waals surface area contributed by atoms with Crippen molar-refractivity contribution in [2.24, 2.45) is 4.99 Å². The van der Waals surface area contributed by atoms with Crippen LogP contribution >= 0.6 is 35.0 Å². The fourth-order valence-corrected chi connectivity index (χ4v) is 4.28. The van der Waals surface area contributed by atoms with E-state index in [1.807, 2.05) is 42.6 Å². The van der Waals surface area contributed by atoms with Crippen molar-refractivity contribution in [3.8, 4) is 0 Å². The van der Waals surface area contributed by atoms with Crippen LogP contribution in [0.2, 0.25) is 10.0 Å².